The van der Waals surface area contributed by atoms with Crippen molar-refractivity contribution >= 4 is 27.7 Å². The smallest absolute Gasteiger partial charge is 0.339 e. The first-order valence-electron chi connectivity index (χ1n) is 9.47. The number of methoxy groups -OCH3 is 1. The molecule has 0 amide bonds. The Balaban J connectivity index is 1.94. The Bertz CT molecular complexity index is 889. The van der Waals surface area contributed by atoms with E-state index in [4.69, 9.17) is 14.2 Å². The van der Waals surface area contributed by atoms with Gasteiger partial charge in [0.1, 0.15) is 12.7 Å². The number of esters is 1. The zero-order valence-corrected chi connectivity index (χ0v) is 17.7. The number of aliphatic hydroxyl groups is 1. The van der Waals surface area contributed by atoms with Gasteiger partial charge in [0.2, 0.25) is 0 Å². The summed E-state index contributed by atoms with van der Waals surface area (Å²) in [6.07, 6.45) is 2.60. The summed E-state index contributed by atoms with van der Waals surface area (Å²) in [6.45, 7) is 3.57. The van der Waals surface area contributed by atoms with E-state index in [1.807, 2.05) is 0 Å². The van der Waals surface area contributed by atoms with Crippen molar-refractivity contribution in [3.8, 4) is 11.5 Å². The van der Waals surface area contributed by atoms with Gasteiger partial charge in [-0.25, -0.2) is 4.79 Å². The minimum atomic E-state index is -0.759. The number of ketones is 1. The lowest BCUT2D eigenvalue weighted by Gasteiger charge is -2.36. The third kappa shape index (κ3) is 2.70. The molecule has 1 heterocycles. The van der Waals surface area contributed by atoms with E-state index in [1.54, 1.807) is 26.2 Å². The van der Waals surface area contributed by atoms with E-state index in [1.165, 1.54) is 0 Å². The summed E-state index contributed by atoms with van der Waals surface area (Å²) in [7, 11) is 1.55. The molecule has 4 atom stereocenters. The second-order valence-corrected chi connectivity index (χ2v) is 8.73. The molecule has 0 radical (unpaired) electrons. The van der Waals surface area contributed by atoms with Gasteiger partial charge in [0.15, 0.2) is 17.3 Å². The van der Waals surface area contributed by atoms with Crippen molar-refractivity contribution in [3.63, 3.8) is 0 Å². The molecule has 7 heteroatoms. The quantitative estimate of drug-likeness (QED) is 0.708. The van der Waals surface area contributed by atoms with Gasteiger partial charge in [-0.05, 0) is 59.3 Å². The minimum Gasteiger partial charge on any atom is -0.493 e. The molecular weight excluding hydrogens is 428 g/mol. The first-order chi connectivity index (χ1) is 13.3. The van der Waals surface area contributed by atoms with Crippen molar-refractivity contribution in [1.82, 2.24) is 0 Å². The summed E-state index contributed by atoms with van der Waals surface area (Å²) in [6, 6.07) is 1.69. The van der Waals surface area contributed by atoms with Gasteiger partial charge in [0.05, 0.1) is 24.2 Å². The van der Waals surface area contributed by atoms with Crippen molar-refractivity contribution < 1.29 is 28.9 Å². The molecule has 0 saturated heterocycles. The van der Waals surface area contributed by atoms with Crippen LogP contribution in [0.4, 0.5) is 0 Å². The van der Waals surface area contributed by atoms with Gasteiger partial charge >= 0.3 is 5.97 Å². The van der Waals surface area contributed by atoms with Crippen LogP contribution in [-0.2, 0) is 14.9 Å². The van der Waals surface area contributed by atoms with Crippen LogP contribution in [0.15, 0.2) is 22.2 Å². The highest BCUT2D eigenvalue weighted by molar-refractivity contribution is 9.10. The van der Waals surface area contributed by atoms with Crippen molar-refractivity contribution in [2.24, 2.45) is 5.92 Å². The number of carbonyl (C=O) groups is 2. The highest BCUT2D eigenvalue weighted by atomic mass is 79.9. The second kappa shape index (κ2) is 6.88. The maximum absolute atomic E-state index is 13.0. The van der Waals surface area contributed by atoms with E-state index < -0.39 is 17.5 Å². The molecule has 0 aromatic heterocycles. The molecule has 4 rings (SSSR count). The molecule has 1 N–H and O–H groups in total. The van der Waals surface area contributed by atoms with E-state index in [0.717, 1.165) is 24.0 Å². The first-order valence-corrected chi connectivity index (χ1v) is 10.3. The van der Waals surface area contributed by atoms with E-state index >= 15 is 0 Å². The van der Waals surface area contributed by atoms with Crippen LogP contribution in [0.2, 0.25) is 0 Å². The van der Waals surface area contributed by atoms with Crippen LogP contribution in [0.3, 0.4) is 0 Å². The average molecular weight is 451 g/mol. The fraction of sp³-hybridized carbons (Fsp3) is 0.524. The molecule has 6 nitrogen and oxygen atoms in total. The molecule has 1 aromatic rings. The molecule has 1 fully saturated rings. The first kappa shape index (κ1) is 19.5. The Morgan fingerprint density at radius 1 is 1.50 bits per heavy atom. The summed E-state index contributed by atoms with van der Waals surface area (Å²) in [5.41, 5.74) is 1.62. The third-order valence-corrected chi connectivity index (χ3v) is 6.68. The summed E-state index contributed by atoms with van der Waals surface area (Å²) >= 11 is 3.50. The largest absolute Gasteiger partial charge is 0.493 e. The Labute approximate surface area is 172 Å². The number of benzene rings is 1. The van der Waals surface area contributed by atoms with Crippen molar-refractivity contribution in [2.45, 2.75) is 50.7 Å². The van der Waals surface area contributed by atoms with Gasteiger partial charge in [-0.15, -0.1) is 0 Å². The van der Waals surface area contributed by atoms with Crippen molar-refractivity contribution in [3.05, 3.63) is 33.3 Å². The van der Waals surface area contributed by atoms with Crippen molar-refractivity contribution in [2.75, 3.05) is 13.7 Å². The van der Waals surface area contributed by atoms with Crippen LogP contribution in [0.5, 0.6) is 11.5 Å². The van der Waals surface area contributed by atoms with Crippen LogP contribution in [0, 0.1) is 5.92 Å². The van der Waals surface area contributed by atoms with E-state index in [0.29, 0.717) is 21.5 Å². The Hall–Kier alpha value is -1.86. The van der Waals surface area contributed by atoms with E-state index in [2.05, 4.69) is 22.9 Å². The van der Waals surface area contributed by atoms with E-state index in [9.17, 15) is 14.7 Å². The van der Waals surface area contributed by atoms with Gasteiger partial charge in [-0.1, -0.05) is 6.92 Å². The number of hydrogen-bond donors (Lipinski definition) is 1. The monoisotopic (exact) mass is 450 g/mol. The Morgan fingerprint density at radius 2 is 2.25 bits per heavy atom. The lowest BCUT2D eigenvalue weighted by Crippen LogP contribution is -2.43. The lowest BCUT2D eigenvalue weighted by atomic mass is 9.66. The van der Waals surface area contributed by atoms with Gasteiger partial charge in [-0.3, -0.25) is 4.79 Å². The lowest BCUT2D eigenvalue weighted by molar-refractivity contribution is -0.117. The third-order valence-electron chi connectivity index (χ3n) is 6.05. The number of allylic oxidation sites excluding steroid dienone is 1. The number of halogens is 1. The zero-order valence-electron chi connectivity index (χ0n) is 16.1. The number of carbonyl (C=O) groups excluding carboxylic acids is 2. The highest BCUT2D eigenvalue weighted by Crippen LogP contribution is 2.63. The van der Waals surface area contributed by atoms with Gasteiger partial charge in [0, 0.05) is 16.5 Å². The maximum Gasteiger partial charge on any atom is 0.339 e. The highest BCUT2D eigenvalue weighted by Gasteiger charge is 2.60. The van der Waals surface area contributed by atoms with Crippen LogP contribution < -0.4 is 9.47 Å². The SMILES string of the molecule is COc1cc(Br)c(C(=O)OCC(C)O)c2c1OC1CC(=O)C=C3C(C)CCC321. The molecule has 1 aromatic carbocycles. The Kier molecular flexibility index (Phi) is 4.78. The van der Waals surface area contributed by atoms with Crippen LogP contribution >= 0.6 is 15.9 Å². The maximum atomic E-state index is 13.0. The number of aliphatic hydroxyl groups excluding tert-OH is 1. The Morgan fingerprint density at radius 3 is 2.93 bits per heavy atom. The van der Waals surface area contributed by atoms with Crippen molar-refractivity contribution in [1.29, 1.82) is 0 Å². The average Bonchev–Trinajstić information content (AvgIpc) is 3.14. The number of hydrogen-bond acceptors (Lipinski definition) is 6. The van der Waals surface area contributed by atoms with Crippen LogP contribution in [0.25, 0.3) is 0 Å². The fourth-order valence-electron chi connectivity index (χ4n) is 4.88. The van der Waals surface area contributed by atoms with Gasteiger partial charge in [0.25, 0.3) is 0 Å². The summed E-state index contributed by atoms with van der Waals surface area (Å²) in [5, 5.41) is 9.51. The van der Waals surface area contributed by atoms with Gasteiger partial charge < -0.3 is 19.3 Å². The van der Waals surface area contributed by atoms with Crippen LogP contribution in [0.1, 0.15) is 49.0 Å². The molecule has 1 spiro atoms. The topological polar surface area (TPSA) is 82.1 Å². The molecule has 3 aliphatic rings. The molecule has 150 valence electrons. The number of ether oxygens (including phenoxy) is 3. The zero-order chi connectivity index (χ0) is 20.2. The second-order valence-electron chi connectivity index (χ2n) is 7.87. The summed E-state index contributed by atoms with van der Waals surface area (Å²) in [4.78, 5) is 25.3. The molecule has 4 unspecified atom stereocenters. The number of fused-ring (bicyclic) bond motifs is 1. The predicted octanol–water partition coefficient (Wildman–Crippen LogP) is 3.32. The molecule has 1 aliphatic heterocycles. The van der Waals surface area contributed by atoms with Gasteiger partial charge in [-0.2, -0.15) is 0 Å². The number of rotatable bonds is 4. The fourth-order valence-corrected chi connectivity index (χ4v) is 5.45. The normalized spacial score (nSPS) is 28.6. The van der Waals surface area contributed by atoms with Crippen LogP contribution in [-0.4, -0.2) is 42.8 Å². The minimum absolute atomic E-state index is 0.0495. The molecule has 0 bridgehead atoms. The predicted molar refractivity (Wildman–Crippen MR) is 105 cm³/mol. The van der Waals surface area contributed by atoms with E-state index in [-0.39, 0.29) is 30.8 Å². The molecule has 28 heavy (non-hydrogen) atoms. The standard InChI is InChI=1S/C21H23BrO6/c1-10-4-5-21-13(10)6-12(24)7-16(21)28-19-15(26-3)8-14(22)17(18(19)21)20(25)27-9-11(2)23/h6,8,10-11,16,23H,4-5,7,9H2,1-3H3. The molecule has 1 saturated carbocycles. The molecular formula is C21H23BrO6. The summed E-state index contributed by atoms with van der Waals surface area (Å²) in [5.74, 6) is 0.778. The molecule has 2 aliphatic carbocycles. The summed E-state index contributed by atoms with van der Waals surface area (Å²) < 4.78 is 17.7.